The Kier molecular flexibility index (Phi) is 7.35. The quantitative estimate of drug-likeness (QED) is 0.546. The van der Waals surface area contributed by atoms with Gasteiger partial charge in [-0.1, -0.05) is 6.07 Å². The lowest BCUT2D eigenvalue weighted by Crippen LogP contribution is -2.36. The zero-order chi connectivity index (χ0) is 19.9. The summed E-state index contributed by atoms with van der Waals surface area (Å²) in [7, 11) is 3.06. The standard InChI is InChI=1S/C18H22F3N3O2S/c1-12-4-6-14(27-12)10-24-17(22-2)23-9-13-5-7-15(16(8-13)25-3)26-11-18(19,20)21/h4-8H,9-11H2,1-3H3,(H2,22,23,24). The average molecular weight is 401 g/mol. The van der Waals surface area contributed by atoms with Crippen LogP contribution in [0, 0.1) is 6.92 Å². The van der Waals surface area contributed by atoms with E-state index in [9.17, 15) is 13.2 Å². The summed E-state index contributed by atoms with van der Waals surface area (Å²) in [6.07, 6.45) is -4.40. The highest BCUT2D eigenvalue weighted by Gasteiger charge is 2.29. The number of ether oxygens (including phenoxy) is 2. The Labute approximate surface area is 160 Å². The number of aryl methyl sites for hydroxylation is 1. The van der Waals surface area contributed by atoms with Crippen molar-refractivity contribution in [2.45, 2.75) is 26.2 Å². The third-order valence-corrected chi connectivity index (χ3v) is 4.53. The van der Waals surface area contributed by atoms with Crippen molar-refractivity contribution in [1.29, 1.82) is 0 Å². The summed E-state index contributed by atoms with van der Waals surface area (Å²) in [5.74, 6) is 0.919. The summed E-state index contributed by atoms with van der Waals surface area (Å²) in [6, 6.07) is 8.90. The van der Waals surface area contributed by atoms with Crippen LogP contribution in [-0.4, -0.2) is 32.9 Å². The molecule has 1 aromatic heterocycles. The maximum atomic E-state index is 12.3. The van der Waals surface area contributed by atoms with E-state index in [-0.39, 0.29) is 11.5 Å². The molecule has 0 spiro atoms. The van der Waals surface area contributed by atoms with Crippen LogP contribution in [0.25, 0.3) is 0 Å². The molecule has 0 aliphatic heterocycles. The predicted octanol–water partition coefficient (Wildman–Crippen LogP) is 3.87. The van der Waals surface area contributed by atoms with Crippen LogP contribution in [0.1, 0.15) is 15.3 Å². The molecule has 27 heavy (non-hydrogen) atoms. The summed E-state index contributed by atoms with van der Waals surface area (Å²) < 4.78 is 46.8. The lowest BCUT2D eigenvalue weighted by atomic mass is 10.2. The molecule has 2 N–H and O–H groups in total. The van der Waals surface area contributed by atoms with Gasteiger partial charge in [-0.3, -0.25) is 4.99 Å². The highest BCUT2D eigenvalue weighted by Crippen LogP contribution is 2.29. The van der Waals surface area contributed by atoms with Crippen molar-refractivity contribution in [3.8, 4) is 11.5 Å². The number of guanidine groups is 1. The Morgan fingerprint density at radius 1 is 1.11 bits per heavy atom. The van der Waals surface area contributed by atoms with Gasteiger partial charge in [-0.15, -0.1) is 11.3 Å². The van der Waals surface area contributed by atoms with Crippen LogP contribution < -0.4 is 20.1 Å². The molecule has 9 heteroatoms. The Bertz CT molecular complexity index is 775. The van der Waals surface area contributed by atoms with Crippen LogP contribution in [0.3, 0.4) is 0 Å². The molecule has 148 valence electrons. The van der Waals surface area contributed by atoms with E-state index in [2.05, 4.69) is 34.7 Å². The van der Waals surface area contributed by atoms with Crippen LogP contribution in [-0.2, 0) is 13.1 Å². The van der Waals surface area contributed by atoms with Gasteiger partial charge >= 0.3 is 6.18 Å². The first-order valence-electron chi connectivity index (χ1n) is 8.17. The molecular weight excluding hydrogens is 379 g/mol. The van der Waals surface area contributed by atoms with Crippen molar-refractivity contribution in [3.05, 3.63) is 45.6 Å². The number of aliphatic imine (C=N–C) groups is 1. The van der Waals surface area contributed by atoms with Gasteiger partial charge in [0, 0.05) is 23.3 Å². The highest BCUT2D eigenvalue weighted by atomic mass is 32.1. The second-order valence-electron chi connectivity index (χ2n) is 5.68. The number of benzene rings is 1. The molecule has 0 unspecified atom stereocenters. The van der Waals surface area contributed by atoms with Gasteiger partial charge in [0.2, 0.25) is 0 Å². The van der Waals surface area contributed by atoms with E-state index in [4.69, 9.17) is 9.47 Å². The average Bonchev–Trinajstić information content (AvgIpc) is 3.05. The van der Waals surface area contributed by atoms with Crippen LogP contribution in [0.2, 0.25) is 0 Å². The summed E-state index contributed by atoms with van der Waals surface area (Å²) >= 11 is 1.71. The molecule has 0 amide bonds. The lowest BCUT2D eigenvalue weighted by Gasteiger charge is -2.15. The number of halogens is 3. The number of rotatable bonds is 7. The Balaban J connectivity index is 1.91. The van der Waals surface area contributed by atoms with Gasteiger partial charge in [0.15, 0.2) is 24.1 Å². The van der Waals surface area contributed by atoms with Gasteiger partial charge in [-0.2, -0.15) is 13.2 Å². The van der Waals surface area contributed by atoms with E-state index in [1.165, 1.54) is 22.9 Å². The van der Waals surface area contributed by atoms with Crippen LogP contribution in [0.5, 0.6) is 11.5 Å². The van der Waals surface area contributed by atoms with Crippen molar-refractivity contribution >= 4 is 17.3 Å². The van der Waals surface area contributed by atoms with E-state index < -0.39 is 12.8 Å². The number of thiophene rings is 1. The van der Waals surface area contributed by atoms with E-state index in [1.807, 2.05) is 0 Å². The summed E-state index contributed by atoms with van der Waals surface area (Å²) in [4.78, 5) is 6.60. The summed E-state index contributed by atoms with van der Waals surface area (Å²) in [6.45, 7) is 1.78. The molecule has 0 radical (unpaired) electrons. The van der Waals surface area contributed by atoms with Crippen molar-refractivity contribution in [2.75, 3.05) is 20.8 Å². The van der Waals surface area contributed by atoms with Crippen LogP contribution in [0.4, 0.5) is 13.2 Å². The van der Waals surface area contributed by atoms with Crippen molar-refractivity contribution < 1.29 is 22.6 Å². The maximum absolute atomic E-state index is 12.3. The predicted molar refractivity (Wildman–Crippen MR) is 101 cm³/mol. The summed E-state index contributed by atoms with van der Waals surface area (Å²) in [5, 5.41) is 6.37. The molecule has 5 nitrogen and oxygen atoms in total. The Morgan fingerprint density at radius 3 is 2.44 bits per heavy atom. The van der Waals surface area contributed by atoms with Gasteiger partial charge in [0.05, 0.1) is 13.7 Å². The molecule has 0 fully saturated rings. The van der Waals surface area contributed by atoms with Crippen molar-refractivity contribution in [3.63, 3.8) is 0 Å². The second-order valence-corrected chi connectivity index (χ2v) is 7.05. The molecule has 0 aliphatic carbocycles. The fraction of sp³-hybridized carbons (Fsp3) is 0.389. The normalized spacial score (nSPS) is 12.0. The second kappa shape index (κ2) is 9.50. The van der Waals surface area contributed by atoms with E-state index in [1.54, 1.807) is 30.5 Å². The molecule has 0 saturated carbocycles. The number of methoxy groups -OCH3 is 1. The molecule has 1 aromatic carbocycles. The van der Waals surface area contributed by atoms with Crippen LogP contribution >= 0.6 is 11.3 Å². The van der Waals surface area contributed by atoms with Crippen molar-refractivity contribution in [2.24, 2.45) is 4.99 Å². The van der Waals surface area contributed by atoms with E-state index >= 15 is 0 Å². The minimum atomic E-state index is -4.40. The molecule has 0 bridgehead atoms. The number of nitrogens with zero attached hydrogens (tertiary/aromatic N) is 1. The minimum absolute atomic E-state index is 0.0501. The molecular formula is C18H22F3N3O2S. The largest absolute Gasteiger partial charge is 0.493 e. The molecule has 0 saturated heterocycles. The SMILES string of the molecule is CN=C(NCc1ccc(OCC(F)(F)F)c(OC)c1)NCc1ccc(C)s1. The van der Waals surface area contributed by atoms with Crippen molar-refractivity contribution in [1.82, 2.24) is 10.6 Å². The van der Waals surface area contributed by atoms with Crippen LogP contribution in [0.15, 0.2) is 35.3 Å². The van der Waals surface area contributed by atoms with Gasteiger partial charge in [-0.05, 0) is 36.8 Å². The molecule has 0 atom stereocenters. The van der Waals surface area contributed by atoms with Gasteiger partial charge in [-0.25, -0.2) is 0 Å². The fourth-order valence-electron chi connectivity index (χ4n) is 2.26. The Hall–Kier alpha value is -2.42. The molecule has 2 aromatic rings. The Morgan fingerprint density at radius 2 is 1.85 bits per heavy atom. The summed E-state index contributed by atoms with van der Waals surface area (Å²) in [5.41, 5.74) is 0.820. The monoisotopic (exact) mass is 401 g/mol. The highest BCUT2D eigenvalue weighted by molar-refractivity contribution is 7.11. The maximum Gasteiger partial charge on any atom is 0.422 e. The molecule has 0 aliphatic rings. The zero-order valence-corrected chi connectivity index (χ0v) is 16.1. The third kappa shape index (κ3) is 7.01. The number of hydrogen-bond acceptors (Lipinski definition) is 4. The number of nitrogens with one attached hydrogen (secondary N) is 2. The third-order valence-electron chi connectivity index (χ3n) is 3.53. The van der Waals surface area contributed by atoms with E-state index in [0.717, 1.165) is 5.56 Å². The topological polar surface area (TPSA) is 54.9 Å². The fourth-order valence-corrected chi connectivity index (χ4v) is 3.09. The number of alkyl halides is 3. The number of hydrogen-bond donors (Lipinski definition) is 2. The first-order valence-corrected chi connectivity index (χ1v) is 8.98. The first kappa shape index (κ1) is 20.9. The van der Waals surface area contributed by atoms with Gasteiger partial charge in [0.1, 0.15) is 0 Å². The van der Waals surface area contributed by atoms with Gasteiger partial charge in [0.25, 0.3) is 0 Å². The lowest BCUT2D eigenvalue weighted by molar-refractivity contribution is -0.153. The first-order chi connectivity index (χ1) is 12.8. The zero-order valence-electron chi connectivity index (χ0n) is 15.3. The molecule has 1 heterocycles. The van der Waals surface area contributed by atoms with E-state index in [0.29, 0.717) is 19.0 Å². The minimum Gasteiger partial charge on any atom is -0.493 e. The smallest absolute Gasteiger partial charge is 0.422 e. The molecule has 2 rings (SSSR count). The van der Waals surface area contributed by atoms with Gasteiger partial charge < -0.3 is 20.1 Å².